The van der Waals surface area contributed by atoms with Crippen molar-refractivity contribution in [2.24, 2.45) is 0 Å². The molecule has 0 atom stereocenters. The van der Waals surface area contributed by atoms with E-state index in [4.69, 9.17) is 28.3 Å². The Bertz CT molecular complexity index is 762. The van der Waals surface area contributed by atoms with Crippen molar-refractivity contribution in [2.75, 3.05) is 37.6 Å². The van der Waals surface area contributed by atoms with Gasteiger partial charge in [-0.3, -0.25) is 4.90 Å². The van der Waals surface area contributed by atoms with Gasteiger partial charge in [-0.15, -0.1) is 0 Å². The van der Waals surface area contributed by atoms with Crippen LogP contribution in [0.4, 0.5) is 5.82 Å². The highest BCUT2D eigenvalue weighted by atomic mass is 35.5. The van der Waals surface area contributed by atoms with Crippen LogP contribution in [0.2, 0.25) is 10.0 Å². The maximum absolute atomic E-state index is 11.0. The molecular formula is C18H19Cl2N3O2. The van der Waals surface area contributed by atoms with Crippen LogP contribution in [0.15, 0.2) is 36.4 Å². The molecule has 0 saturated carbocycles. The molecule has 5 nitrogen and oxygen atoms in total. The largest absolute Gasteiger partial charge is 0.477 e. The van der Waals surface area contributed by atoms with Gasteiger partial charge >= 0.3 is 5.97 Å². The quantitative estimate of drug-likeness (QED) is 0.861. The molecule has 0 bridgehead atoms. The van der Waals surface area contributed by atoms with Crippen LogP contribution in [0.3, 0.4) is 0 Å². The molecule has 0 unspecified atom stereocenters. The summed E-state index contributed by atoms with van der Waals surface area (Å²) in [5.41, 5.74) is 1.26. The molecule has 1 aliphatic heterocycles. The third-order valence-electron chi connectivity index (χ3n) is 4.35. The lowest BCUT2D eigenvalue weighted by atomic mass is 10.1. The Morgan fingerprint density at radius 1 is 1.08 bits per heavy atom. The van der Waals surface area contributed by atoms with Gasteiger partial charge in [0.25, 0.3) is 0 Å². The Balaban J connectivity index is 1.52. The smallest absolute Gasteiger partial charge is 0.354 e. The standard InChI is InChI=1S/C18H19Cl2N3O2/c19-14-5-4-13(12-15(14)20)6-7-22-8-10-23(11-9-22)17-3-1-2-16(21-17)18(24)25/h1-5,12H,6-11H2,(H,24,25). The van der Waals surface area contributed by atoms with Crippen LogP contribution in [0.25, 0.3) is 0 Å². The van der Waals surface area contributed by atoms with Crippen LogP contribution in [-0.2, 0) is 6.42 Å². The second kappa shape index (κ2) is 8.04. The molecule has 0 radical (unpaired) electrons. The number of anilines is 1. The first-order valence-electron chi connectivity index (χ1n) is 8.14. The van der Waals surface area contributed by atoms with Crippen LogP contribution in [0.1, 0.15) is 16.1 Å². The molecule has 7 heteroatoms. The second-order valence-electron chi connectivity index (χ2n) is 6.01. The van der Waals surface area contributed by atoms with Crippen LogP contribution in [0.5, 0.6) is 0 Å². The number of aromatic nitrogens is 1. The highest BCUT2D eigenvalue weighted by molar-refractivity contribution is 6.42. The molecular weight excluding hydrogens is 361 g/mol. The fraction of sp³-hybridized carbons (Fsp3) is 0.333. The zero-order valence-corrected chi connectivity index (χ0v) is 15.2. The highest BCUT2D eigenvalue weighted by Gasteiger charge is 2.18. The van der Waals surface area contributed by atoms with Gasteiger partial charge in [0.05, 0.1) is 10.0 Å². The monoisotopic (exact) mass is 379 g/mol. The lowest BCUT2D eigenvalue weighted by Gasteiger charge is -2.35. The minimum absolute atomic E-state index is 0.0829. The molecule has 1 aromatic carbocycles. The van der Waals surface area contributed by atoms with E-state index in [1.165, 1.54) is 11.6 Å². The average molecular weight is 380 g/mol. The van der Waals surface area contributed by atoms with Gasteiger partial charge in [0.2, 0.25) is 0 Å². The minimum atomic E-state index is -0.998. The molecule has 0 spiro atoms. The highest BCUT2D eigenvalue weighted by Crippen LogP contribution is 2.23. The van der Waals surface area contributed by atoms with Gasteiger partial charge in [0, 0.05) is 32.7 Å². The molecule has 0 aliphatic carbocycles. The zero-order chi connectivity index (χ0) is 17.8. The van der Waals surface area contributed by atoms with Gasteiger partial charge in [0.1, 0.15) is 5.82 Å². The first-order chi connectivity index (χ1) is 12.0. The van der Waals surface area contributed by atoms with Crippen molar-refractivity contribution in [3.05, 3.63) is 57.7 Å². The number of hydrogen-bond donors (Lipinski definition) is 1. The Morgan fingerprint density at radius 2 is 1.84 bits per heavy atom. The van der Waals surface area contributed by atoms with Crippen molar-refractivity contribution in [3.63, 3.8) is 0 Å². The summed E-state index contributed by atoms with van der Waals surface area (Å²) in [5.74, 6) is -0.272. The Kier molecular flexibility index (Phi) is 5.78. The van der Waals surface area contributed by atoms with Crippen molar-refractivity contribution in [1.29, 1.82) is 0 Å². The first kappa shape index (κ1) is 18.0. The summed E-state index contributed by atoms with van der Waals surface area (Å²) in [7, 11) is 0. The van der Waals surface area contributed by atoms with Gasteiger partial charge in [-0.2, -0.15) is 0 Å². The fourth-order valence-electron chi connectivity index (χ4n) is 2.90. The average Bonchev–Trinajstić information content (AvgIpc) is 2.63. The Morgan fingerprint density at radius 3 is 2.52 bits per heavy atom. The number of piperazine rings is 1. The number of aromatic carboxylic acids is 1. The maximum atomic E-state index is 11.0. The van der Waals surface area contributed by atoms with E-state index in [0.717, 1.165) is 45.0 Å². The summed E-state index contributed by atoms with van der Waals surface area (Å²) in [6.07, 6.45) is 0.920. The molecule has 3 rings (SSSR count). The number of benzene rings is 1. The summed E-state index contributed by atoms with van der Waals surface area (Å²) in [4.78, 5) is 19.8. The molecule has 132 valence electrons. The van der Waals surface area contributed by atoms with E-state index in [9.17, 15) is 4.79 Å². The van der Waals surface area contributed by atoms with E-state index < -0.39 is 5.97 Å². The Hall–Kier alpha value is -1.82. The number of pyridine rings is 1. The third kappa shape index (κ3) is 4.63. The lowest BCUT2D eigenvalue weighted by molar-refractivity contribution is 0.0690. The molecule has 1 fully saturated rings. The predicted octanol–water partition coefficient (Wildman–Crippen LogP) is 3.45. The summed E-state index contributed by atoms with van der Waals surface area (Å²) in [6, 6.07) is 10.9. The van der Waals surface area contributed by atoms with Crippen LogP contribution >= 0.6 is 23.2 Å². The van der Waals surface area contributed by atoms with Crippen LogP contribution in [-0.4, -0.2) is 53.7 Å². The number of carboxylic acids is 1. The van der Waals surface area contributed by atoms with Crippen molar-refractivity contribution in [3.8, 4) is 0 Å². The van der Waals surface area contributed by atoms with E-state index in [1.807, 2.05) is 24.3 Å². The number of halogens is 2. The van der Waals surface area contributed by atoms with Crippen molar-refractivity contribution in [2.45, 2.75) is 6.42 Å². The molecule has 1 aromatic heterocycles. The predicted molar refractivity (Wildman–Crippen MR) is 100 cm³/mol. The van der Waals surface area contributed by atoms with Crippen molar-refractivity contribution in [1.82, 2.24) is 9.88 Å². The number of nitrogens with zero attached hydrogens (tertiary/aromatic N) is 3. The number of carbonyl (C=O) groups is 1. The summed E-state index contributed by atoms with van der Waals surface area (Å²) >= 11 is 12.0. The summed E-state index contributed by atoms with van der Waals surface area (Å²) in [6.45, 7) is 4.45. The zero-order valence-electron chi connectivity index (χ0n) is 13.7. The molecule has 1 aliphatic rings. The van der Waals surface area contributed by atoms with Crippen molar-refractivity contribution < 1.29 is 9.90 Å². The maximum Gasteiger partial charge on any atom is 0.354 e. The number of hydrogen-bond acceptors (Lipinski definition) is 4. The van der Waals surface area contributed by atoms with Gasteiger partial charge < -0.3 is 10.0 Å². The van der Waals surface area contributed by atoms with Crippen LogP contribution in [0, 0.1) is 0 Å². The van der Waals surface area contributed by atoms with E-state index in [1.54, 1.807) is 6.07 Å². The molecule has 2 aromatic rings. The van der Waals surface area contributed by atoms with E-state index >= 15 is 0 Å². The summed E-state index contributed by atoms with van der Waals surface area (Å²) in [5, 5.41) is 10.2. The van der Waals surface area contributed by atoms with E-state index in [-0.39, 0.29) is 5.69 Å². The molecule has 0 amide bonds. The van der Waals surface area contributed by atoms with Gasteiger partial charge in [-0.05, 0) is 36.2 Å². The SMILES string of the molecule is O=C(O)c1cccc(N2CCN(CCc3ccc(Cl)c(Cl)c3)CC2)n1. The van der Waals surface area contributed by atoms with E-state index in [0.29, 0.717) is 10.0 Å². The lowest BCUT2D eigenvalue weighted by Crippen LogP contribution is -2.47. The topological polar surface area (TPSA) is 56.7 Å². The molecule has 2 heterocycles. The second-order valence-corrected chi connectivity index (χ2v) is 6.83. The van der Waals surface area contributed by atoms with Gasteiger partial charge in [-0.1, -0.05) is 35.3 Å². The third-order valence-corrected chi connectivity index (χ3v) is 5.09. The summed E-state index contributed by atoms with van der Waals surface area (Å²) < 4.78 is 0. The van der Waals surface area contributed by atoms with Gasteiger partial charge in [-0.25, -0.2) is 9.78 Å². The van der Waals surface area contributed by atoms with E-state index in [2.05, 4.69) is 14.8 Å². The number of rotatable bonds is 5. The van der Waals surface area contributed by atoms with Crippen molar-refractivity contribution >= 4 is 35.0 Å². The molecule has 25 heavy (non-hydrogen) atoms. The minimum Gasteiger partial charge on any atom is -0.477 e. The molecule has 1 N–H and O–H groups in total. The van der Waals surface area contributed by atoms with Crippen LogP contribution < -0.4 is 4.90 Å². The van der Waals surface area contributed by atoms with Gasteiger partial charge in [0.15, 0.2) is 5.69 Å². The molecule has 1 saturated heterocycles. The fourth-order valence-corrected chi connectivity index (χ4v) is 3.22. The number of carboxylic acid groups (broad SMARTS) is 1. The normalized spacial score (nSPS) is 15.4. The first-order valence-corrected chi connectivity index (χ1v) is 8.90. The Labute approximate surface area is 156 Å².